The van der Waals surface area contributed by atoms with Gasteiger partial charge < -0.3 is 10.5 Å². The molecule has 0 atom stereocenters. The fourth-order valence-corrected chi connectivity index (χ4v) is 1.21. The van der Waals surface area contributed by atoms with Gasteiger partial charge in [0.15, 0.2) is 0 Å². The quantitative estimate of drug-likeness (QED) is 0.413. The van der Waals surface area contributed by atoms with Crippen molar-refractivity contribution >= 4 is 23.3 Å². The van der Waals surface area contributed by atoms with E-state index in [0.29, 0.717) is 18.0 Å². The topological polar surface area (TPSA) is 90.8 Å². The second-order valence-corrected chi connectivity index (χ2v) is 2.76. The van der Waals surface area contributed by atoms with Crippen molar-refractivity contribution in [1.82, 2.24) is 0 Å². The van der Waals surface area contributed by atoms with Crippen molar-refractivity contribution in [2.75, 3.05) is 12.3 Å². The normalized spacial score (nSPS) is 13.1. The molecular formula is C8H7N3O3. The number of nitrogen functional groups attached to an aromatic ring is 1. The molecule has 0 spiro atoms. The van der Waals surface area contributed by atoms with Gasteiger partial charge in [0.1, 0.15) is 23.7 Å². The zero-order chi connectivity index (χ0) is 10.1. The summed E-state index contributed by atoms with van der Waals surface area (Å²) in [7, 11) is 0. The zero-order valence-electron chi connectivity index (χ0n) is 7.14. The van der Waals surface area contributed by atoms with E-state index in [4.69, 9.17) is 10.5 Å². The third kappa shape index (κ3) is 1.26. The van der Waals surface area contributed by atoms with E-state index in [-0.39, 0.29) is 11.4 Å². The van der Waals surface area contributed by atoms with Crippen molar-refractivity contribution in [2.24, 2.45) is 4.99 Å². The van der Waals surface area contributed by atoms with Crippen LogP contribution in [0.3, 0.4) is 0 Å². The maximum atomic E-state index is 10.5. The molecule has 1 heterocycles. The maximum Gasteiger partial charge on any atom is 0.294 e. The molecule has 0 bridgehead atoms. The van der Waals surface area contributed by atoms with Crippen molar-refractivity contribution in [2.45, 2.75) is 0 Å². The number of nitro groups is 1. The summed E-state index contributed by atoms with van der Waals surface area (Å²) >= 11 is 0. The van der Waals surface area contributed by atoms with Gasteiger partial charge in [-0.2, -0.15) is 0 Å². The van der Waals surface area contributed by atoms with Crippen LogP contribution in [0.15, 0.2) is 17.1 Å². The third-order valence-electron chi connectivity index (χ3n) is 1.85. The van der Waals surface area contributed by atoms with Crippen LogP contribution in [-0.4, -0.2) is 17.7 Å². The van der Waals surface area contributed by atoms with Crippen LogP contribution >= 0.6 is 0 Å². The van der Waals surface area contributed by atoms with Crippen LogP contribution in [0.4, 0.5) is 17.1 Å². The van der Waals surface area contributed by atoms with Crippen LogP contribution in [-0.2, 0) is 0 Å². The van der Waals surface area contributed by atoms with E-state index < -0.39 is 4.92 Å². The van der Waals surface area contributed by atoms with Gasteiger partial charge in [-0.25, -0.2) is 0 Å². The molecule has 0 aromatic heterocycles. The Labute approximate surface area is 79.2 Å². The summed E-state index contributed by atoms with van der Waals surface area (Å²) < 4.78 is 5.19. The third-order valence-corrected chi connectivity index (χ3v) is 1.85. The van der Waals surface area contributed by atoms with Crippen LogP contribution in [0, 0.1) is 10.1 Å². The first-order valence-corrected chi connectivity index (χ1v) is 3.91. The number of benzene rings is 1. The van der Waals surface area contributed by atoms with Gasteiger partial charge >= 0.3 is 0 Å². The van der Waals surface area contributed by atoms with Crippen LogP contribution < -0.4 is 10.5 Å². The number of nitro benzene ring substituents is 1. The number of hydrogen-bond acceptors (Lipinski definition) is 5. The molecule has 1 aromatic carbocycles. The fraction of sp³-hybridized carbons (Fsp3) is 0.125. The van der Waals surface area contributed by atoms with Gasteiger partial charge in [-0.15, -0.1) is 0 Å². The van der Waals surface area contributed by atoms with E-state index in [0.717, 1.165) is 0 Å². The Hall–Kier alpha value is -2.11. The first-order chi connectivity index (χ1) is 6.68. The monoisotopic (exact) mass is 193 g/mol. The zero-order valence-corrected chi connectivity index (χ0v) is 7.14. The Morgan fingerprint density at radius 2 is 2.36 bits per heavy atom. The highest BCUT2D eigenvalue weighted by Crippen LogP contribution is 2.37. The molecule has 0 unspecified atom stereocenters. The standard InChI is InChI=1S/C8H7N3O3/c9-5-3-8-6(10-1-2-14-8)4-7(5)11(12)13/h1,3-4H,2,9H2. The number of anilines is 1. The van der Waals surface area contributed by atoms with Crippen molar-refractivity contribution in [1.29, 1.82) is 0 Å². The minimum atomic E-state index is -0.542. The molecule has 1 aliphatic heterocycles. The van der Waals surface area contributed by atoms with Gasteiger partial charge in [0.25, 0.3) is 5.69 Å². The highest BCUT2D eigenvalue weighted by atomic mass is 16.6. The Balaban J connectivity index is 2.58. The summed E-state index contributed by atoms with van der Waals surface area (Å²) in [6.07, 6.45) is 1.54. The summed E-state index contributed by atoms with van der Waals surface area (Å²) in [6.45, 7) is 0.365. The van der Waals surface area contributed by atoms with E-state index >= 15 is 0 Å². The van der Waals surface area contributed by atoms with Crippen molar-refractivity contribution in [3.8, 4) is 5.75 Å². The molecule has 1 aliphatic rings. The number of ether oxygens (including phenoxy) is 1. The SMILES string of the molecule is Nc1cc2c(cc1[N+](=O)[O-])N=CCO2. The Morgan fingerprint density at radius 1 is 1.57 bits per heavy atom. The lowest BCUT2D eigenvalue weighted by molar-refractivity contribution is -0.383. The van der Waals surface area contributed by atoms with Gasteiger partial charge in [0, 0.05) is 18.3 Å². The first kappa shape index (κ1) is 8.49. The molecule has 2 rings (SSSR count). The fourth-order valence-electron chi connectivity index (χ4n) is 1.21. The Morgan fingerprint density at radius 3 is 3.07 bits per heavy atom. The van der Waals surface area contributed by atoms with Crippen LogP contribution in [0.1, 0.15) is 0 Å². The molecule has 0 fully saturated rings. The molecule has 14 heavy (non-hydrogen) atoms. The van der Waals surface area contributed by atoms with Gasteiger partial charge in [-0.05, 0) is 0 Å². The molecule has 0 aliphatic carbocycles. The van der Waals surface area contributed by atoms with Gasteiger partial charge in [-0.3, -0.25) is 15.1 Å². The van der Waals surface area contributed by atoms with Crippen molar-refractivity contribution in [3.05, 3.63) is 22.2 Å². The predicted molar refractivity (Wildman–Crippen MR) is 51.2 cm³/mol. The maximum absolute atomic E-state index is 10.5. The average molecular weight is 193 g/mol. The summed E-state index contributed by atoms with van der Waals surface area (Å²) in [5.74, 6) is 0.482. The molecule has 6 nitrogen and oxygen atoms in total. The molecule has 0 saturated heterocycles. The Kier molecular flexibility index (Phi) is 1.81. The minimum absolute atomic E-state index is 0.0888. The van der Waals surface area contributed by atoms with Crippen LogP contribution in [0.25, 0.3) is 0 Å². The highest BCUT2D eigenvalue weighted by molar-refractivity contribution is 5.76. The average Bonchev–Trinajstić information content (AvgIpc) is 2.16. The van der Waals surface area contributed by atoms with E-state index in [2.05, 4.69) is 4.99 Å². The highest BCUT2D eigenvalue weighted by Gasteiger charge is 2.17. The molecule has 0 saturated carbocycles. The number of fused-ring (bicyclic) bond motifs is 1. The van der Waals surface area contributed by atoms with Gasteiger partial charge in [-0.1, -0.05) is 0 Å². The second kappa shape index (κ2) is 2.99. The van der Waals surface area contributed by atoms with E-state index in [9.17, 15) is 10.1 Å². The lowest BCUT2D eigenvalue weighted by Gasteiger charge is -2.11. The molecular weight excluding hydrogens is 186 g/mol. The van der Waals surface area contributed by atoms with E-state index in [1.807, 2.05) is 0 Å². The summed E-state index contributed by atoms with van der Waals surface area (Å²) in [5.41, 5.74) is 5.86. The first-order valence-electron chi connectivity index (χ1n) is 3.91. The minimum Gasteiger partial charge on any atom is -0.486 e. The molecule has 72 valence electrons. The molecule has 0 radical (unpaired) electrons. The van der Waals surface area contributed by atoms with Gasteiger partial charge in [0.05, 0.1) is 4.92 Å². The lowest BCUT2D eigenvalue weighted by atomic mass is 10.2. The summed E-state index contributed by atoms with van der Waals surface area (Å²) in [5, 5.41) is 10.5. The number of nitrogens with two attached hydrogens (primary N) is 1. The summed E-state index contributed by atoms with van der Waals surface area (Å²) in [6, 6.07) is 2.73. The molecule has 6 heteroatoms. The lowest BCUT2D eigenvalue weighted by Crippen LogP contribution is -2.04. The number of rotatable bonds is 1. The van der Waals surface area contributed by atoms with Crippen molar-refractivity contribution in [3.63, 3.8) is 0 Å². The van der Waals surface area contributed by atoms with Crippen LogP contribution in [0.2, 0.25) is 0 Å². The van der Waals surface area contributed by atoms with Gasteiger partial charge in [0.2, 0.25) is 0 Å². The molecule has 2 N–H and O–H groups in total. The largest absolute Gasteiger partial charge is 0.486 e. The van der Waals surface area contributed by atoms with Crippen LogP contribution in [0.5, 0.6) is 5.75 Å². The molecule has 1 aromatic rings. The smallest absolute Gasteiger partial charge is 0.294 e. The molecule has 0 amide bonds. The van der Waals surface area contributed by atoms with Crippen molar-refractivity contribution < 1.29 is 9.66 Å². The number of aliphatic imine (C=N–C) groups is 1. The Bertz CT molecular complexity index is 428. The van der Waals surface area contributed by atoms with E-state index in [1.54, 1.807) is 6.21 Å². The second-order valence-electron chi connectivity index (χ2n) is 2.76. The van der Waals surface area contributed by atoms with E-state index in [1.165, 1.54) is 12.1 Å². The number of nitrogens with zero attached hydrogens (tertiary/aromatic N) is 2. The number of hydrogen-bond donors (Lipinski definition) is 1. The summed E-state index contributed by atoms with van der Waals surface area (Å²) in [4.78, 5) is 14.0. The predicted octanol–water partition coefficient (Wildman–Crippen LogP) is 1.27.